The molecular weight excluding hydrogens is 567 g/mol. The van der Waals surface area contributed by atoms with Crippen LogP contribution in [0, 0.1) is 11.8 Å². The molecule has 0 aromatic heterocycles. The van der Waals surface area contributed by atoms with E-state index in [4.69, 9.17) is 69.6 Å². The van der Waals surface area contributed by atoms with Gasteiger partial charge in [-0.05, 0) is 31.1 Å². The third-order valence-electron chi connectivity index (χ3n) is 7.86. The molecule has 0 saturated heterocycles. The van der Waals surface area contributed by atoms with Crippen molar-refractivity contribution in [3.05, 3.63) is 22.7 Å². The Morgan fingerprint density at radius 2 is 1.26 bits per heavy atom. The van der Waals surface area contributed by atoms with E-state index in [2.05, 4.69) is 13.5 Å². The van der Waals surface area contributed by atoms with Crippen LogP contribution in [-0.2, 0) is 4.79 Å². The molecule has 0 N–H and O–H groups in total. The molecule has 0 spiro atoms. The normalized spacial score (nSPS) is 29.1. The van der Waals surface area contributed by atoms with Gasteiger partial charge < -0.3 is 4.90 Å². The molecule has 0 heterocycles. The quantitative estimate of drug-likeness (QED) is 0.0915. The van der Waals surface area contributed by atoms with E-state index < -0.39 is 14.1 Å². The van der Waals surface area contributed by atoms with Crippen molar-refractivity contribution in [3.8, 4) is 0 Å². The molecule has 2 aliphatic carbocycles. The molecule has 8 heteroatoms. The van der Waals surface area contributed by atoms with E-state index in [1.165, 1.54) is 25.7 Å². The Balaban J connectivity index is 1.91. The lowest BCUT2D eigenvalue weighted by Gasteiger charge is -2.37. The minimum absolute atomic E-state index is 0.0177. The van der Waals surface area contributed by atoms with Gasteiger partial charge in [0.1, 0.15) is 9.75 Å². The monoisotopic (exact) mass is 605 g/mol. The number of carbonyl (C=O) groups excluding carboxylic acids is 1. The third-order valence-corrected chi connectivity index (χ3v) is 12.2. The molecule has 2 aliphatic rings. The van der Waals surface area contributed by atoms with Gasteiger partial charge in [0.15, 0.2) is 4.33 Å². The number of hydrogen-bond donors (Lipinski definition) is 0. The number of rotatable bonds is 17. The van der Waals surface area contributed by atoms with Gasteiger partial charge in [0.25, 0.3) is 0 Å². The first-order chi connectivity index (χ1) is 16.5. The molecule has 2 nitrogen and oxygen atoms in total. The second kappa shape index (κ2) is 14.2. The highest BCUT2D eigenvalue weighted by Crippen LogP contribution is 2.77. The average molecular weight is 608 g/mol. The molecule has 0 unspecified atom stereocenters. The van der Waals surface area contributed by atoms with E-state index in [9.17, 15) is 4.79 Å². The number of amides is 1. The predicted molar refractivity (Wildman–Crippen MR) is 155 cm³/mol. The van der Waals surface area contributed by atoms with E-state index in [0.29, 0.717) is 23.0 Å². The summed E-state index contributed by atoms with van der Waals surface area (Å²) >= 11 is 41.3. The second-order valence-corrected chi connectivity index (χ2v) is 13.5. The van der Waals surface area contributed by atoms with Crippen molar-refractivity contribution in [1.82, 2.24) is 4.90 Å². The lowest BCUT2D eigenvalue weighted by molar-refractivity contribution is -0.129. The fourth-order valence-corrected chi connectivity index (χ4v) is 8.96. The Morgan fingerprint density at radius 3 is 1.71 bits per heavy atom. The summed E-state index contributed by atoms with van der Waals surface area (Å²) in [4.78, 5) is 11.4. The van der Waals surface area contributed by atoms with E-state index >= 15 is 0 Å². The van der Waals surface area contributed by atoms with E-state index in [0.717, 1.165) is 57.8 Å². The number of unbranched alkanes of at least 4 members (excludes halogenated alkanes) is 9. The lowest BCUT2D eigenvalue weighted by atomic mass is 9.76. The average Bonchev–Trinajstić information content (AvgIpc) is 3.01. The highest BCUT2D eigenvalue weighted by atomic mass is 35.5. The first-order valence-electron chi connectivity index (χ1n) is 13.2. The molecule has 0 aromatic rings. The van der Waals surface area contributed by atoms with Gasteiger partial charge in [-0.25, -0.2) is 0 Å². The molecule has 202 valence electrons. The highest BCUT2D eigenvalue weighted by molar-refractivity contribution is 6.65. The molecule has 1 fully saturated rings. The van der Waals surface area contributed by atoms with Crippen molar-refractivity contribution in [3.63, 3.8) is 0 Å². The maximum absolute atomic E-state index is 12.0. The number of likely N-dealkylation sites (N-methyl/N-ethyl adjacent to an activating group) is 1. The van der Waals surface area contributed by atoms with Gasteiger partial charge in [-0.2, -0.15) is 0 Å². The minimum atomic E-state index is -1.45. The number of carbonyl (C=O) groups is 1. The van der Waals surface area contributed by atoms with E-state index in [1.54, 1.807) is 11.0 Å². The fourth-order valence-electron chi connectivity index (χ4n) is 5.81. The topological polar surface area (TPSA) is 20.3 Å². The first-order valence-corrected chi connectivity index (χ1v) is 15.4. The fraction of sp³-hybridized carbons (Fsp3) is 0.815. The molecule has 2 bridgehead atoms. The van der Waals surface area contributed by atoms with Crippen molar-refractivity contribution in [1.29, 1.82) is 0 Å². The van der Waals surface area contributed by atoms with Crippen LogP contribution in [0.2, 0.25) is 0 Å². The van der Waals surface area contributed by atoms with Gasteiger partial charge in [-0.3, -0.25) is 4.79 Å². The van der Waals surface area contributed by atoms with Crippen LogP contribution in [0.1, 0.15) is 96.8 Å². The molecule has 0 aromatic carbocycles. The summed E-state index contributed by atoms with van der Waals surface area (Å²) in [6.07, 6.45) is 16.2. The van der Waals surface area contributed by atoms with Crippen molar-refractivity contribution in [2.45, 2.75) is 111 Å². The van der Waals surface area contributed by atoms with Crippen LogP contribution in [0.25, 0.3) is 0 Å². The standard InChI is InChI=1S/C27H41Cl6NO/c1-4-6-7-8-10-13-16-20-21(26(31)24(29)23(28)25(20,30)27(26,32)33)17-14-11-9-12-15-18-22(35)34(3)19-5-2/h5,20-21H,2,4,6-19H2,1,3H3/t20-,21+,25+,26+/m1/s1. The van der Waals surface area contributed by atoms with Gasteiger partial charge in [0.2, 0.25) is 5.91 Å². The smallest absolute Gasteiger partial charge is 0.222 e. The largest absolute Gasteiger partial charge is 0.342 e. The second-order valence-electron chi connectivity index (χ2n) is 10.3. The Bertz CT molecular complexity index is 756. The van der Waals surface area contributed by atoms with Crippen LogP contribution >= 0.6 is 69.6 Å². The number of halogens is 6. The Kier molecular flexibility index (Phi) is 12.9. The molecular formula is C27H41Cl6NO. The van der Waals surface area contributed by atoms with Gasteiger partial charge in [0.05, 0.1) is 10.1 Å². The highest BCUT2D eigenvalue weighted by Gasteiger charge is 2.81. The van der Waals surface area contributed by atoms with Crippen molar-refractivity contribution < 1.29 is 4.79 Å². The summed E-state index contributed by atoms with van der Waals surface area (Å²) in [5.74, 6) is 0.118. The van der Waals surface area contributed by atoms with Crippen LogP contribution in [0.4, 0.5) is 0 Å². The molecule has 1 saturated carbocycles. The zero-order valence-corrected chi connectivity index (χ0v) is 25.7. The third kappa shape index (κ3) is 6.47. The summed E-state index contributed by atoms with van der Waals surface area (Å²) in [7, 11) is 1.81. The van der Waals surface area contributed by atoms with Crippen LogP contribution in [0.5, 0.6) is 0 Å². The predicted octanol–water partition coefficient (Wildman–Crippen LogP) is 10.2. The molecule has 2 rings (SSSR count). The SMILES string of the molecule is C=CCN(C)C(=O)CCCCCCC[C@H]1[C@@H](CCCCCCCC)[C@]2(Cl)C(Cl)=C(Cl)[C@]1(Cl)C2(Cl)Cl. The lowest BCUT2D eigenvalue weighted by Crippen LogP contribution is -2.44. The number of alkyl halides is 4. The van der Waals surface area contributed by atoms with E-state index in [1.807, 2.05) is 7.05 Å². The maximum Gasteiger partial charge on any atom is 0.222 e. The zero-order valence-electron chi connectivity index (χ0n) is 21.2. The summed E-state index contributed by atoms with van der Waals surface area (Å²) in [5.41, 5.74) is 0. The Labute approximate surface area is 243 Å². The molecule has 35 heavy (non-hydrogen) atoms. The van der Waals surface area contributed by atoms with E-state index in [-0.39, 0.29) is 17.7 Å². The molecule has 4 atom stereocenters. The Hall–Kier alpha value is 0.690. The summed E-state index contributed by atoms with van der Waals surface area (Å²) in [5, 5.41) is 0.631. The van der Waals surface area contributed by atoms with Crippen LogP contribution in [-0.4, -0.2) is 38.5 Å². The first kappa shape index (κ1) is 31.9. The number of hydrogen-bond acceptors (Lipinski definition) is 1. The van der Waals surface area contributed by atoms with Crippen LogP contribution in [0.15, 0.2) is 22.7 Å². The van der Waals surface area contributed by atoms with Gasteiger partial charge in [-0.15, -0.1) is 29.8 Å². The van der Waals surface area contributed by atoms with Gasteiger partial charge >= 0.3 is 0 Å². The van der Waals surface area contributed by atoms with Crippen molar-refractivity contribution >= 4 is 75.5 Å². The number of nitrogens with zero attached hydrogens (tertiary/aromatic N) is 1. The molecule has 1 amide bonds. The molecule has 0 radical (unpaired) electrons. The summed E-state index contributed by atoms with van der Waals surface area (Å²) < 4.78 is -1.45. The Morgan fingerprint density at radius 1 is 0.829 bits per heavy atom. The number of allylic oxidation sites excluding steroid dienone is 2. The summed E-state index contributed by atoms with van der Waals surface area (Å²) in [6.45, 7) is 6.49. The van der Waals surface area contributed by atoms with Crippen molar-refractivity contribution in [2.24, 2.45) is 11.8 Å². The maximum atomic E-state index is 12.0. The minimum Gasteiger partial charge on any atom is -0.342 e. The zero-order chi connectivity index (χ0) is 26.3. The number of fused-ring (bicyclic) bond motifs is 2. The summed E-state index contributed by atoms with van der Waals surface area (Å²) in [6, 6.07) is 0. The van der Waals surface area contributed by atoms with Crippen LogP contribution in [0.3, 0.4) is 0 Å². The van der Waals surface area contributed by atoms with Crippen LogP contribution < -0.4 is 0 Å². The van der Waals surface area contributed by atoms with Gasteiger partial charge in [-0.1, -0.05) is 124 Å². The van der Waals surface area contributed by atoms with Gasteiger partial charge in [0, 0.05) is 20.0 Å². The van der Waals surface area contributed by atoms with Crippen molar-refractivity contribution in [2.75, 3.05) is 13.6 Å². The molecule has 0 aliphatic heterocycles.